The molecule has 4 atom stereocenters. The van der Waals surface area contributed by atoms with Crippen molar-refractivity contribution in [1.82, 2.24) is 25.9 Å². The first kappa shape index (κ1) is 27.4. The van der Waals surface area contributed by atoms with Crippen LogP contribution in [0.2, 0.25) is 0 Å². The van der Waals surface area contributed by atoms with Gasteiger partial charge in [-0.05, 0) is 0 Å². The molecular weight excluding hydrogens is 460 g/mol. The van der Waals surface area contributed by atoms with E-state index < -0.39 is 72.5 Å². The summed E-state index contributed by atoms with van der Waals surface area (Å²) in [7, 11) is 0. The van der Waals surface area contributed by atoms with E-state index in [2.05, 4.69) is 38.5 Å². The number of nitrogens with one attached hydrogen (secondary N) is 4. The minimum absolute atomic E-state index is 0.147. The van der Waals surface area contributed by atoms with Crippen LogP contribution in [0.15, 0.2) is 12.5 Å². The van der Waals surface area contributed by atoms with Crippen LogP contribution in [0.4, 0.5) is 0 Å². The SMILES string of the molecule is NC(=O)CC(N)C(=O)NC(CS)C(=O)NC(CC(N)=O)C(=O)NC(Cc1cnc[nH]1)C(=O)O. The molecule has 0 aliphatic rings. The molecule has 0 saturated carbocycles. The van der Waals surface area contributed by atoms with Gasteiger partial charge in [-0.3, -0.25) is 24.0 Å². The van der Waals surface area contributed by atoms with Gasteiger partial charge in [0.05, 0.1) is 25.2 Å². The van der Waals surface area contributed by atoms with E-state index in [1.165, 1.54) is 12.5 Å². The zero-order valence-corrected chi connectivity index (χ0v) is 18.2. The third-order valence-electron chi connectivity index (χ3n) is 4.21. The average Bonchev–Trinajstić information content (AvgIpc) is 3.22. The van der Waals surface area contributed by atoms with E-state index in [0.717, 1.165) is 0 Å². The van der Waals surface area contributed by atoms with Crippen molar-refractivity contribution < 1.29 is 33.9 Å². The number of aromatic nitrogens is 2. The van der Waals surface area contributed by atoms with Crippen LogP contribution in [-0.4, -0.2) is 80.5 Å². The monoisotopic (exact) mass is 486 g/mol. The van der Waals surface area contributed by atoms with Crippen LogP contribution < -0.4 is 33.2 Å². The molecule has 4 unspecified atom stereocenters. The van der Waals surface area contributed by atoms with Crippen LogP contribution in [0.25, 0.3) is 0 Å². The summed E-state index contributed by atoms with van der Waals surface area (Å²) >= 11 is 3.96. The van der Waals surface area contributed by atoms with Gasteiger partial charge in [0.1, 0.15) is 18.1 Å². The highest BCUT2D eigenvalue weighted by atomic mass is 32.1. The minimum atomic E-state index is -1.54. The first-order chi connectivity index (χ1) is 15.4. The van der Waals surface area contributed by atoms with Crippen LogP contribution >= 0.6 is 12.6 Å². The fourth-order valence-corrected chi connectivity index (χ4v) is 2.81. The van der Waals surface area contributed by atoms with Gasteiger partial charge in [-0.25, -0.2) is 9.78 Å². The number of thiol groups is 1. The summed E-state index contributed by atoms with van der Waals surface area (Å²) in [5, 5.41) is 16.1. The molecule has 16 heteroatoms. The van der Waals surface area contributed by atoms with E-state index in [9.17, 15) is 33.9 Å². The Hall–Kier alpha value is -3.66. The topological polar surface area (TPSA) is 265 Å². The molecule has 0 radical (unpaired) electrons. The number of hydrogen-bond donors (Lipinski definition) is 9. The van der Waals surface area contributed by atoms with Crippen LogP contribution in [0.1, 0.15) is 18.5 Å². The lowest BCUT2D eigenvalue weighted by molar-refractivity contribution is -0.142. The normalized spacial score (nSPS) is 14.2. The minimum Gasteiger partial charge on any atom is -0.480 e. The molecule has 0 aliphatic heterocycles. The Morgan fingerprint density at radius 3 is 1.97 bits per heavy atom. The average molecular weight is 487 g/mol. The third-order valence-corrected chi connectivity index (χ3v) is 4.57. The maximum absolute atomic E-state index is 12.6. The van der Waals surface area contributed by atoms with Gasteiger partial charge in [-0.1, -0.05) is 0 Å². The van der Waals surface area contributed by atoms with Gasteiger partial charge in [0.2, 0.25) is 29.5 Å². The Labute approximate surface area is 193 Å². The maximum Gasteiger partial charge on any atom is 0.326 e. The van der Waals surface area contributed by atoms with Crippen molar-refractivity contribution in [2.45, 2.75) is 43.4 Å². The van der Waals surface area contributed by atoms with Gasteiger partial charge in [0.25, 0.3) is 0 Å². The fourth-order valence-electron chi connectivity index (χ4n) is 2.55. The van der Waals surface area contributed by atoms with E-state index >= 15 is 0 Å². The first-order valence-electron chi connectivity index (χ1n) is 9.48. The van der Waals surface area contributed by atoms with Crippen molar-refractivity contribution in [3.8, 4) is 0 Å². The van der Waals surface area contributed by atoms with Gasteiger partial charge < -0.3 is 43.2 Å². The van der Waals surface area contributed by atoms with Crippen LogP contribution in [0.5, 0.6) is 0 Å². The second-order valence-corrected chi connectivity index (χ2v) is 7.30. The number of carbonyl (C=O) groups is 6. The van der Waals surface area contributed by atoms with Crippen LogP contribution in [0, 0.1) is 0 Å². The zero-order chi connectivity index (χ0) is 25.1. The predicted molar refractivity (Wildman–Crippen MR) is 115 cm³/mol. The molecule has 0 aromatic carbocycles. The lowest BCUT2D eigenvalue weighted by Gasteiger charge is -2.23. The molecule has 5 amide bonds. The predicted octanol–water partition coefficient (Wildman–Crippen LogP) is -4.50. The van der Waals surface area contributed by atoms with Crippen molar-refractivity contribution in [1.29, 1.82) is 0 Å². The number of carboxylic acid groups (broad SMARTS) is 1. The van der Waals surface area contributed by atoms with Crippen LogP contribution in [0.3, 0.4) is 0 Å². The molecular formula is C17H26N8O7S. The van der Waals surface area contributed by atoms with E-state index in [1.54, 1.807) is 0 Å². The molecule has 1 heterocycles. The van der Waals surface area contributed by atoms with Crippen molar-refractivity contribution in [3.63, 3.8) is 0 Å². The molecule has 0 saturated heterocycles. The lowest BCUT2D eigenvalue weighted by Crippen LogP contribution is -2.58. The Bertz CT molecular complexity index is 879. The largest absolute Gasteiger partial charge is 0.480 e. The summed E-state index contributed by atoms with van der Waals surface area (Å²) in [5.74, 6) is -6.18. The van der Waals surface area contributed by atoms with Gasteiger partial charge in [0.15, 0.2) is 0 Å². The number of imidazole rings is 1. The number of H-pyrrole nitrogens is 1. The Balaban J connectivity index is 2.88. The van der Waals surface area contributed by atoms with E-state index in [-0.39, 0.29) is 12.2 Å². The summed E-state index contributed by atoms with van der Waals surface area (Å²) in [6, 6.07) is -5.57. The number of carbonyl (C=O) groups excluding carboxylic acids is 5. The molecule has 0 spiro atoms. The second kappa shape index (κ2) is 13.0. The molecule has 1 rings (SSSR count). The lowest BCUT2D eigenvalue weighted by atomic mass is 10.1. The number of primary amides is 2. The highest BCUT2D eigenvalue weighted by Crippen LogP contribution is 2.02. The van der Waals surface area contributed by atoms with Crippen molar-refractivity contribution in [2.75, 3.05) is 5.75 Å². The summed E-state index contributed by atoms with van der Waals surface area (Å²) in [6.45, 7) is 0. The summed E-state index contributed by atoms with van der Waals surface area (Å²) < 4.78 is 0. The maximum atomic E-state index is 12.6. The molecule has 15 nitrogen and oxygen atoms in total. The number of nitrogens with two attached hydrogens (primary N) is 3. The van der Waals surface area contributed by atoms with E-state index in [0.29, 0.717) is 5.69 Å². The number of aliphatic carboxylic acids is 1. The van der Waals surface area contributed by atoms with E-state index in [1.807, 2.05) is 0 Å². The third kappa shape index (κ3) is 9.56. The van der Waals surface area contributed by atoms with Crippen molar-refractivity contribution >= 4 is 48.1 Å². The van der Waals surface area contributed by atoms with Crippen LogP contribution in [-0.2, 0) is 35.2 Å². The number of amides is 5. The van der Waals surface area contributed by atoms with Gasteiger partial charge in [-0.15, -0.1) is 0 Å². The van der Waals surface area contributed by atoms with Gasteiger partial charge in [-0.2, -0.15) is 12.6 Å². The smallest absolute Gasteiger partial charge is 0.326 e. The van der Waals surface area contributed by atoms with Gasteiger partial charge >= 0.3 is 5.97 Å². The molecule has 33 heavy (non-hydrogen) atoms. The quantitative estimate of drug-likeness (QED) is 0.114. The van der Waals surface area contributed by atoms with Crippen molar-refractivity contribution in [2.24, 2.45) is 17.2 Å². The number of rotatable bonds is 14. The molecule has 0 aliphatic carbocycles. The molecule has 1 aromatic heterocycles. The first-order valence-corrected chi connectivity index (χ1v) is 10.1. The molecule has 182 valence electrons. The fraction of sp³-hybridized carbons (Fsp3) is 0.471. The Morgan fingerprint density at radius 1 is 0.939 bits per heavy atom. The highest BCUT2D eigenvalue weighted by molar-refractivity contribution is 7.80. The Morgan fingerprint density at radius 2 is 1.48 bits per heavy atom. The van der Waals surface area contributed by atoms with Crippen molar-refractivity contribution in [3.05, 3.63) is 18.2 Å². The summed E-state index contributed by atoms with van der Waals surface area (Å²) in [6.07, 6.45) is 1.43. The Kier molecular flexibility index (Phi) is 10.8. The number of aromatic amines is 1. The molecule has 1 aromatic rings. The van der Waals surface area contributed by atoms with E-state index in [4.69, 9.17) is 17.2 Å². The molecule has 11 N–H and O–H groups in total. The summed E-state index contributed by atoms with van der Waals surface area (Å²) in [5.41, 5.74) is 16.0. The summed E-state index contributed by atoms with van der Waals surface area (Å²) in [4.78, 5) is 77.5. The zero-order valence-electron chi connectivity index (χ0n) is 17.3. The number of carboxylic acids is 1. The highest BCUT2D eigenvalue weighted by Gasteiger charge is 2.31. The number of hydrogen-bond acceptors (Lipinski definition) is 9. The second-order valence-electron chi connectivity index (χ2n) is 6.93. The van der Waals surface area contributed by atoms with Gasteiger partial charge in [0, 0.05) is 24.1 Å². The molecule has 0 bridgehead atoms. The standard InChI is InChI=1S/C17H26N8O7S/c18-8(2-12(19)26)14(28)25-11(5-33)16(30)23-9(3-13(20)27)15(29)24-10(17(31)32)1-7-4-21-6-22-7/h4,6,8-11,33H,1-3,5,18H2,(H2,19,26)(H2,20,27)(H,21,22)(H,23,30)(H,24,29)(H,25,28)(H,31,32). The number of nitrogens with zero attached hydrogens (tertiary/aromatic N) is 1. The molecule has 0 fully saturated rings.